The van der Waals surface area contributed by atoms with E-state index in [9.17, 15) is 19.8 Å². The van der Waals surface area contributed by atoms with Gasteiger partial charge in [0.2, 0.25) is 0 Å². The number of aliphatic hydroxyl groups excluding tert-OH is 2. The van der Waals surface area contributed by atoms with Crippen molar-refractivity contribution >= 4 is 17.3 Å². The van der Waals surface area contributed by atoms with Gasteiger partial charge in [-0.05, 0) is 214 Å². The topological polar surface area (TPSA) is 87.1 Å². The van der Waals surface area contributed by atoms with E-state index < -0.39 is 0 Å². The molecule has 0 radical (unpaired) electrons. The summed E-state index contributed by atoms with van der Waals surface area (Å²) in [4.78, 5) is 26.2. The molecular weight excluding hydrogens is 875 g/mol. The summed E-state index contributed by atoms with van der Waals surface area (Å²) in [5, 5.41) is 21.8. The molecule has 10 unspecified atom stereocenters. The van der Waals surface area contributed by atoms with Gasteiger partial charge < -0.3 is 19.8 Å². The second-order valence-corrected chi connectivity index (χ2v) is 23.5. The highest BCUT2D eigenvalue weighted by Gasteiger charge is 2.58. The zero-order chi connectivity index (χ0) is 50.8. The Morgan fingerprint density at radius 1 is 0.620 bits per heavy atom. The average molecular weight is 954 g/mol. The van der Waals surface area contributed by atoms with Gasteiger partial charge in [0.15, 0.2) is 11.6 Å². The molecule has 8 aliphatic carbocycles. The van der Waals surface area contributed by atoms with E-state index in [2.05, 4.69) is 93.2 Å². The minimum absolute atomic E-state index is 0.00527. The number of benzene rings is 3. The number of aliphatic hydroxyl groups is 2. The molecule has 6 heteroatoms. The summed E-state index contributed by atoms with van der Waals surface area (Å²) in [7, 11) is 5.86. The molecule has 0 heterocycles. The Bertz CT molecular complexity index is 2640. The number of fused-ring (bicyclic) bond motifs is 8. The molecule has 4 saturated carbocycles. The summed E-state index contributed by atoms with van der Waals surface area (Å²) < 4.78 is 5.37. The molecule has 6 nitrogen and oxygen atoms in total. The van der Waals surface area contributed by atoms with Crippen molar-refractivity contribution in [3.8, 4) is 30.4 Å². The maximum absolute atomic E-state index is 12.1. The normalized spacial score (nSPS) is 31.2. The first-order chi connectivity index (χ1) is 33.9. The zero-order valence-corrected chi connectivity index (χ0v) is 43.9. The van der Waals surface area contributed by atoms with Crippen molar-refractivity contribution in [3.05, 3.63) is 141 Å². The second-order valence-electron chi connectivity index (χ2n) is 23.5. The Labute approximate surface area is 426 Å². The van der Waals surface area contributed by atoms with Gasteiger partial charge >= 0.3 is 0 Å². The van der Waals surface area contributed by atoms with Gasteiger partial charge in [-0.3, -0.25) is 9.59 Å². The van der Waals surface area contributed by atoms with Gasteiger partial charge in [-0.1, -0.05) is 73.4 Å². The molecule has 0 bridgehead atoms. The Balaban J connectivity index is 0.000000150. The monoisotopic (exact) mass is 954 g/mol. The average Bonchev–Trinajstić information content (AvgIpc) is 3.85. The van der Waals surface area contributed by atoms with Gasteiger partial charge in [0.1, 0.15) is 5.75 Å². The molecule has 2 N–H and O–H groups in total. The number of ketones is 2. The lowest BCUT2D eigenvalue weighted by molar-refractivity contribution is -0.115. The fraction of sp³-hybridized carbons (Fsp3) is 0.508. The molecule has 3 aromatic carbocycles. The fourth-order valence-electron chi connectivity index (χ4n) is 14.2. The highest BCUT2D eigenvalue weighted by atomic mass is 16.5. The van der Waals surface area contributed by atoms with Gasteiger partial charge in [0.05, 0.1) is 19.3 Å². The summed E-state index contributed by atoms with van der Waals surface area (Å²) in [6.45, 7) is 10.7. The third kappa shape index (κ3) is 10.7. The number of terminal acetylenes is 2. The maximum Gasteiger partial charge on any atom is 0.156 e. The van der Waals surface area contributed by atoms with E-state index in [1.807, 2.05) is 63.3 Å². The van der Waals surface area contributed by atoms with Gasteiger partial charge in [0.25, 0.3) is 0 Å². The first kappa shape index (κ1) is 51.9. The van der Waals surface area contributed by atoms with Crippen molar-refractivity contribution in [1.82, 2.24) is 0 Å². The standard InChI is InChI=1S/C26H33NO2.C25H30O3.C8H6.C6H10/c1-26-15-22(16-4-7-18(8-5-16)27(2)3)25-20-11-9-19(28)14-17(20)6-10-21(25)23(26)12-13-24(26)29;1-25-14-21(15-3-7-18(28-2)8-4-15)24-19-10-6-17(26)13-16(19)5-9-20(24)22(25)11-12-23(25)27;1-2-8-6-4-3-5-7-8;1-5-6(2,3)4/h4-5,7-8,14,21-24,29H,6,9-13,15H2,1-3H3;3-4,7-8,13,20-23,27H,5-6,9-12,14H2,1-2H3;1,3-7H;1H,2-4H3. The SMILES string of the molecule is C#CC(C)(C)C.C#Cc1ccccc1.CN(C)c1ccc(C2CC3(C)C(O)CCC3C3CCC4=CC(=O)CCC4=C23)cc1.COc1ccc(C2CC3(C)C(O)CCC3C3CCC4=CC(=O)CCC4=C23)cc1. The summed E-state index contributed by atoms with van der Waals surface area (Å²) >= 11 is 0. The maximum atomic E-state index is 12.1. The number of carbonyl (C=O) groups excluding carboxylic acids is 2. The summed E-state index contributed by atoms with van der Waals surface area (Å²) in [6.07, 6.45) is 27.2. The Hall–Kier alpha value is -5.40. The molecule has 10 atom stereocenters. The van der Waals surface area contributed by atoms with E-state index in [0.717, 1.165) is 88.4 Å². The van der Waals surface area contributed by atoms with Gasteiger partial charge in [-0.2, -0.15) is 0 Å². The number of hydrogen-bond donors (Lipinski definition) is 2. The Morgan fingerprint density at radius 3 is 1.44 bits per heavy atom. The van der Waals surface area contributed by atoms with Crippen LogP contribution in [0.1, 0.15) is 153 Å². The van der Waals surface area contributed by atoms with Gasteiger partial charge in [-0.15, -0.1) is 18.8 Å². The largest absolute Gasteiger partial charge is 0.497 e. The van der Waals surface area contributed by atoms with Crippen LogP contribution in [0.2, 0.25) is 0 Å². The first-order valence-corrected chi connectivity index (χ1v) is 26.6. The van der Waals surface area contributed by atoms with Crippen molar-refractivity contribution < 1.29 is 24.5 Å². The van der Waals surface area contributed by atoms with Crippen LogP contribution < -0.4 is 9.64 Å². The smallest absolute Gasteiger partial charge is 0.156 e. The molecule has 374 valence electrons. The van der Waals surface area contributed by atoms with E-state index in [0.29, 0.717) is 54.1 Å². The highest BCUT2D eigenvalue weighted by molar-refractivity contribution is 5.93. The summed E-state index contributed by atoms with van der Waals surface area (Å²) in [6, 6.07) is 27.1. The Kier molecular flexibility index (Phi) is 15.6. The van der Waals surface area contributed by atoms with E-state index in [4.69, 9.17) is 17.6 Å². The van der Waals surface area contributed by atoms with E-state index in [1.54, 1.807) is 18.3 Å². The predicted molar refractivity (Wildman–Crippen MR) is 289 cm³/mol. The van der Waals surface area contributed by atoms with Crippen LogP contribution in [0.25, 0.3) is 0 Å². The second kappa shape index (κ2) is 21.4. The van der Waals surface area contributed by atoms with Crippen LogP contribution >= 0.6 is 0 Å². The third-order valence-electron chi connectivity index (χ3n) is 18.1. The number of nitrogens with zero attached hydrogens (tertiary/aromatic N) is 1. The van der Waals surface area contributed by atoms with Crippen molar-refractivity contribution in [2.45, 2.75) is 149 Å². The minimum atomic E-state index is -0.199. The highest BCUT2D eigenvalue weighted by Crippen LogP contribution is 2.65. The number of rotatable bonds is 4. The van der Waals surface area contributed by atoms with Crippen LogP contribution in [0.15, 0.2) is 124 Å². The van der Waals surface area contributed by atoms with Crippen LogP contribution in [-0.2, 0) is 9.59 Å². The molecular formula is C65H79NO5. The number of anilines is 1. The third-order valence-corrected chi connectivity index (χ3v) is 18.1. The molecule has 0 aromatic heterocycles. The molecule has 8 aliphatic rings. The van der Waals surface area contributed by atoms with E-state index in [1.165, 1.54) is 39.1 Å². The molecule has 71 heavy (non-hydrogen) atoms. The van der Waals surface area contributed by atoms with Crippen LogP contribution in [0.3, 0.4) is 0 Å². The van der Waals surface area contributed by atoms with Crippen LogP contribution in [0, 0.1) is 64.6 Å². The number of methoxy groups -OCH3 is 1. The van der Waals surface area contributed by atoms with Crippen molar-refractivity contribution in [1.29, 1.82) is 0 Å². The van der Waals surface area contributed by atoms with Crippen molar-refractivity contribution in [2.75, 3.05) is 26.1 Å². The fourth-order valence-corrected chi connectivity index (χ4v) is 14.2. The Morgan fingerprint density at radius 2 is 1.06 bits per heavy atom. The number of hydrogen-bond acceptors (Lipinski definition) is 6. The minimum Gasteiger partial charge on any atom is -0.497 e. The molecule has 4 fully saturated rings. The first-order valence-electron chi connectivity index (χ1n) is 26.6. The van der Waals surface area contributed by atoms with Gasteiger partial charge in [0, 0.05) is 55.4 Å². The van der Waals surface area contributed by atoms with Crippen LogP contribution in [0.4, 0.5) is 5.69 Å². The molecule has 0 saturated heterocycles. The number of ether oxygens (including phenoxy) is 1. The molecule has 3 aromatic rings. The summed E-state index contributed by atoms with van der Waals surface area (Å²) in [5.74, 6) is 9.54. The lowest BCUT2D eigenvalue weighted by Gasteiger charge is -2.52. The van der Waals surface area contributed by atoms with E-state index >= 15 is 0 Å². The van der Waals surface area contributed by atoms with Crippen LogP contribution in [0.5, 0.6) is 5.75 Å². The van der Waals surface area contributed by atoms with Gasteiger partial charge in [-0.25, -0.2) is 0 Å². The van der Waals surface area contributed by atoms with Crippen molar-refractivity contribution in [2.24, 2.45) is 39.9 Å². The van der Waals surface area contributed by atoms with E-state index in [-0.39, 0.29) is 34.2 Å². The lowest BCUT2D eigenvalue weighted by Crippen LogP contribution is -2.45. The number of allylic oxidation sites excluding steroid dienone is 8. The molecule has 11 rings (SSSR count). The number of carbonyl (C=O) groups is 2. The zero-order valence-electron chi connectivity index (χ0n) is 43.9. The summed E-state index contributed by atoms with van der Waals surface area (Å²) in [5.41, 5.74) is 13.7. The molecule has 0 spiro atoms. The van der Waals surface area contributed by atoms with Crippen molar-refractivity contribution in [3.63, 3.8) is 0 Å². The predicted octanol–water partition coefficient (Wildman–Crippen LogP) is 13.3. The molecule has 0 amide bonds. The molecule has 0 aliphatic heterocycles. The van der Waals surface area contributed by atoms with Crippen LogP contribution in [-0.4, -0.2) is 55.2 Å². The quantitative estimate of drug-likeness (QED) is 0.253. The lowest BCUT2D eigenvalue weighted by atomic mass is 9.53.